The van der Waals surface area contributed by atoms with Gasteiger partial charge in [-0.15, -0.1) is 0 Å². The van der Waals surface area contributed by atoms with Gasteiger partial charge in [0, 0.05) is 32.4 Å². The number of aromatic nitrogens is 3. The summed E-state index contributed by atoms with van der Waals surface area (Å²) in [5.41, 5.74) is 2.40. The number of imidazole rings is 1. The minimum Gasteiger partial charge on any atom is -0.493 e. The van der Waals surface area contributed by atoms with Gasteiger partial charge in [0.05, 0.1) is 29.1 Å². The maximum atomic E-state index is 12.6. The number of para-hydroxylation sites is 2. The highest BCUT2D eigenvalue weighted by Gasteiger charge is 2.10. The third kappa shape index (κ3) is 3.98. The summed E-state index contributed by atoms with van der Waals surface area (Å²) < 4.78 is 25.0. The minimum atomic E-state index is -1.28. The van der Waals surface area contributed by atoms with Crippen LogP contribution in [0.1, 0.15) is 12.1 Å². The van der Waals surface area contributed by atoms with Crippen molar-refractivity contribution in [1.29, 1.82) is 0 Å². The van der Waals surface area contributed by atoms with Gasteiger partial charge in [-0.05, 0) is 18.2 Å². The number of methoxy groups -OCH3 is 1. The maximum absolute atomic E-state index is 12.6. The number of fused-ring (bicyclic) bond motifs is 1. The molecule has 126 valence electrons. The molecule has 0 saturated heterocycles. The highest BCUT2D eigenvalue weighted by Crippen LogP contribution is 2.16. The predicted molar refractivity (Wildman–Crippen MR) is 93.2 cm³/mol. The summed E-state index contributed by atoms with van der Waals surface area (Å²) in [4.78, 5) is 8.55. The van der Waals surface area contributed by atoms with E-state index >= 15 is 0 Å². The van der Waals surface area contributed by atoms with Crippen LogP contribution in [0, 0.1) is 0 Å². The molecule has 0 aliphatic carbocycles. The third-order valence-electron chi connectivity index (χ3n) is 3.46. The van der Waals surface area contributed by atoms with Gasteiger partial charge in [0.1, 0.15) is 23.1 Å². The summed E-state index contributed by atoms with van der Waals surface area (Å²) in [6, 6.07) is 11.2. The van der Waals surface area contributed by atoms with Crippen LogP contribution in [-0.4, -0.2) is 38.5 Å². The lowest BCUT2D eigenvalue weighted by Crippen LogP contribution is -2.07. The number of rotatable bonds is 8. The number of hydrogen-bond donors (Lipinski definition) is 0. The van der Waals surface area contributed by atoms with Crippen molar-refractivity contribution in [2.45, 2.75) is 12.2 Å². The second kappa shape index (κ2) is 8.03. The fraction of sp³-hybridized carbons (Fsp3) is 0.294. The van der Waals surface area contributed by atoms with E-state index in [2.05, 4.69) is 9.97 Å². The molecule has 2 aromatic heterocycles. The Balaban J connectivity index is 1.68. The molecule has 6 nitrogen and oxygen atoms in total. The van der Waals surface area contributed by atoms with Crippen LogP contribution in [-0.2, 0) is 21.5 Å². The number of pyridine rings is 1. The molecule has 3 rings (SSSR count). The fourth-order valence-electron chi connectivity index (χ4n) is 2.31. The Hall–Kier alpha value is -2.25. The first-order valence-corrected chi connectivity index (χ1v) is 8.93. The molecule has 1 atom stereocenters. The van der Waals surface area contributed by atoms with E-state index < -0.39 is 11.0 Å². The Morgan fingerprint density at radius 1 is 1.17 bits per heavy atom. The Kier molecular flexibility index (Phi) is 5.55. The van der Waals surface area contributed by atoms with Crippen LogP contribution >= 0.6 is 0 Å². The molecule has 1 unspecified atom stereocenters. The summed E-state index contributed by atoms with van der Waals surface area (Å²) in [5.74, 6) is 1.03. The van der Waals surface area contributed by atoms with Crippen LogP contribution in [0.3, 0.4) is 0 Å². The number of benzene rings is 1. The Morgan fingerprint density at radius 2 is 2.04 bits per heavy atom. The van der Waals surface area contributed by atoms with Gasteiger partial charge in [-0.1, -0.05) is 12.1 Å². The first-order chi connectivity index (χ1) is 11.8. The molecule has 7 heteroatoms. The molecular formula is C17H19N3O3S. The van der Waals surface area contributed by atoms with Crippen molar-refractivity contribution in [3.05, 3.63) is 54.6 Å². The SMILES string of the molecule is COCCCOc1ccnc(CS(=O)n2cnc3ccccc32)c1. The zero-order chi connectivity index (χ0) is 16.8. The second-order valence-electron chi connectivity index (χ2n) is 5.20. The quantitative estimate of drug-likeness (QED) is 0.587. The van der Waals surface area contributed by atoms with Gasteiger partial charge >= 0.3 is 0 Å². The second-order valence-corrected chi connectivity index (χ2v) is 6.53. The van der Waals surface area contributed by atoms with Crippen molar-refractivity contribution in [3.8, 4) is 5.75 Å². The molecule has 1 aromatic carbocycles. The molecule has 0 aliphatic heterocycles. The van der Waals surface area contributed by atoms with Crippen LogP contribution < -0.4 is 4.74 Å². The zero-order valence-electron chi connectivity index (χ0n) is 13.4. The summed E-state index contributed by atoms with van der Waals surface area (Å²) in [5, 5.41) is 0. The average molecular weight is 345 g/mol. The largest absolute Gasteiger partial charge is 0.493 e. The Morgan fingerprint density at radius 3 is 2.92 bits per heavy atom. The van der Waals surface area contributed by atoms with Gasteiger partial charge in [0.2, 0.25) is 0 Å². The van der Waals surface area contributed by atoms with E-state index in [0.717, 1.165) is 28.9 Å². The first-order valence-electron chi connectivity index (χ1n) is 7.65. The normalized spacial score (nSPS) is 12.4. The maximum Gasteiger partial charge on any atom is 0.131 e. The molecule has 24 heavy (non-hydrogen) atoms. The standard InChI is InChI=1S/C17H19N3O3S/c1-22-9-4-10-23-15-7-8-18-14(11-15)12-24(21)20-13-19-16-5-2-3-6-17(16)20/h2-3,5-8,11,13H,4,9-10,12H2,1H3. The van der Waals surface area contributed by atoms with Crippen LogP contribution in [0.15, 0.2) is 48.9 Å². The Bertz CT molecular complexity index is 835. The van der Waals surface area contributed by atoms with Gasteiger partial charge in [0.25, 0.3) is 0 Å². The van der Waals surface area contributed by atoms with Crippen molar-refractivity contribution in [3.63, 3.8) is 0 Å². The van der Waals surface area contributed by atoms with Crippen molar-refractivity contribution in [1.82, 2.24) is 13.9 Å². The number of ether oxygens (including phenoxy) is 2. The summed E-state index contributed by atoms with van der Waals surface area (Å²) in [6.45, 7) is 1.24. The van der Waals surface area contributed by atoms with Crippen molar-refractivity contribution >= 4 is 22.0 Å². The summed E-state index contributed by atoms with van der Waals surface area (Å²) in [6.07, 6.45) is 4.09. The molecule has 0 saturated carbocycles. The van der Waals surface area contributed by atoms with Crippen LogP contribution in [0.4, 0.5) is 0 Å². The average Bonchev–Trinajstić information content (AvgIpc) is 3.03. The smallest absolute Gasteiger partial charge is 0.131 e. The van der Waals surface area contributed by atoms with Gasteiger partial charge in [-0.3, -0.25) is 4.98 Å². The van der Waals surface area contributed by atoms with Crippen LogP contribution in [0.2, 0.25) is 0 Å². The van der Waals surface area contributed by atoms with Gasteiger partial charge in [0.15, 0.2) is 0 Å². The van der Waals surface area contributed by atoms with Crippen molar-refractivity contribution in [2.75, 3.05) is 20.3 Å². The lowest BCUT2D eigenvalue weighted by Gasteiger charge is -2.08. The fourth-order valence-corrected chi connectivity index (χ4v) is 3.39. The molecule has 0 N–H and O–H groups in total. The topological polar surface area (TPSA) is 66.2 Å². The minimum absolute atomic E-state index is 0.301. The highest BCUT2D eigenvalue weighted by molar-refractivity contribution is 7.82. The van der Waals surface area contributed by atoms with E-state index in [1.165, 1.54) is 0 Å². The van der Waals surface area contributed by atoms with Crippen molar-refractivity contribution in [2.24, 2.45) is 0 Å². The van der Waals surface area contributed by atoms with Crippen molar-refractivity contribution < 1.29 is 13.7 Å². The monoisotopic (exact) mass is 345 g/mol. The molecule has 0 bridgehead atoms. The Labute approximate surface area is 143 Å². The molecule has 0 aliphatic rings. The molecule has 0 amide bonds. The number of nitrogens with zero attached hydrogens (tertiary/aromatic N) is 3. The third-order valence-corrected chi connectivity index (χ3v) is 4.73. The van der Waals surface area contributed by atoms with Crippen LogP contribution in [0.5, 0.6) is 5.75 Å². The van der Waals surface area contributed by atoms with Crippen LogP contribution in [0.25, 0.3) is 11.0 Å². The van der Waals surface area contributed by atoms with Gasteiger partial charge in [-0.2, -0.15) is 0 Å². The molecule has 3 aromatic rings. The van der Waals surface area contributed by atoms with Gasteiger partial charge in [-0.25, -0.2) is 13.2 Å². The summed E-state index contributed by atoms with van der Waals surface area (Å²) >= 11 is 0. The van der Waals surface area contributed by atoms with E-state index in [9.17, 15) is 4.21 Å². The van der Waals surface area contributed by atoms with E-state index in [0.29, 0.717) is 19.0 Å². The van der Waals surface area contributed by atoms with Gasteiger partial charge < -0.3 is 9.47 Å². The van der Waals surface area contributed by atoms with E-state index in [1.807, 2.05) is 30.3 Å². The highest BCUT2D eigenvalue weighted by atomic mass is 32.2. The zero-order valence-corrected chi connectivity index (χ0v) is 14.2. The lowest BCUT2D eigenvalue weighted by molar-refractivity contribution is 0.172. The van der Waals surface area contributed by atoms with E-state index in [-0.39, 0.29) is 0 Å². The molecule has 2 heterocycles. The van der Waals surface area contributed by atoms with E-state index in [4.69, 9.17) is 9.47 Å². The molecular weight excluding hydrogens is 326 g/mol. The molecule has 0 spiro atoms. The lowest BCUT2D eigenvalue weighted by atomic mass is 10.3. The molecule has 0 radical (unpaired) electrons. The number of hydrogen-bond acceptors (Lipinski definition) is 5. The van der Waals surface area contributed by atoms with E-state index in [1.54, 1.807) is 29.7 Å². The molecule has 0 fully saturated rings. The first kappa shape index (κ1) is 16.6. The predicted octanol–water partition coefficient (Wildman–Crippen LogP) is 2.56. The summed E-state index contributed by atoms with van der Waals surface area (Å²) in [7, 11) is 0.388.